The molecule has 2 radical (unpaired) electrons. The summed E-state index contributed by atoms with van der Waals surface area (Å²) in [5.41, 5.74) is 1.94. The highest BCUT2D eigenvalue weighted by Gasteiger charge is 2.06. The predicted octanol–water partition coefficient (Wildman–Crippen LogP) is 1.58. The van der Waals surface area contributed by atoms with E-state index in [4.69, 9.17) is 7.85 Å². The molecule has 114 valence electrons. The molecule has 0 spiro atoms. The zero-order chi connectivity index (χ0) is 15.8. The molecule has 0 bridgehead atoms. The van der Waals surface area contributed by atoms with Crippen LogP contribution in [0.5, 0.6) is 0 Å². The molecule has 0 unspecified atom stereocenters. The van der Waals surface area contributed by atoms with Gasteiger partial charge in [0.15, 0.2) is 0 Å². The normalized spacial score (nSPS) is 10.6. The Bertz CT molecular complexity index is 603. The van der Waals surface area contributed by atoms with Crippen LogP contribution in [-0.2, 0) is 24.6 Å². The summed E-state index contributed by atoms with van der Waals surface area (Å²) in [7, 11) is 10.8. The van der Waals surface area contributed by atoms with Gasteiger partial charge in [-0.15, -0.1) is 5.10 Å². The van der Waals surface area contributed by atoms with Crippen molar-refractivity contribution in [3.8, 4) is 0 Å². The van der Waals surface area contributed by atoms with E-state index in [1.807, 2.05) is 12.1 Å². The third kappa shape index (κ3) is 5.42. The minimum Gasteiger partial charge on any atom is -0.355 e. The summed E-state index contributed by atoms with van der Waals surface area (Å²) in [6.07, 6.45) is 2.48. The van der Waals surface area contributed by atoms with Crippen LogP contribution in [0, 0.1) is 0 Å². The van der Waals surface area contributed by atoms with Crippen molar-refractivity contribution >= 4 is 35.3 Å². The Kier molecular flexibility index (Phi) is 6.86. The summed E-state index contributed by atoms with van der Waals surface area (Å²) < 4.78 is 1.61. The smallest absolute Gasteiger partial charge is 0.226 e. The van der Waals surface area contributed by atoms with Gasteiger partial charge in [0.25, 0.3) is 0 Å². The van der Waals surface area contributed by atoms with E-state index in [2.05, 4.69) is 27.8 Å². The van der Waals surface area contributed by atoms with E-state index in [-0.39, 0.29) is 5.91 Å². The molecule has 1 aromatic heterocycles. The maximum atomic E-state index is 11.8. The summed E-state index contributed by atoms with van der Waals surface area (Å²) in [6, 6.07) is 8.20. The number of carbonyl (C=O) groups excluding carboxylic acids is 1. The summed E-state index contributed by atoms with van der Waals surface area (Å²) in [4.78, 5) is 12.9. The van der Waals surface area contributed by atoms with Gasteiger partial charge in [-0.3, -0.25) is 9.48 Å². The van der Waals surface area contributed by atoms with E-state index in [0.717, 1.165) is 17.0 Å². The zero-order valence-corrected chi connectivity index (χ0v) is 14.0. The zero-order valence-electron chi connectivity index (χ0n) is 12.4. The molecule has 1 amide bonds. The molecule has 1 N–H and O–H groups in total. The molecular weight excluding hydrogens is 315 g/mol. The topological polar surface area (TPSA) is 59.8 Å². The second-order valence-electron chi connectivity index (χ2n) is 4.63. The molecule has 1 aromatic carbocycles. The highest BCUT2D eigenvalue weighted by atomic mass is 33.1. The maximum absolute atomic E-state index is 11.8. The lowest BCUT2D eigenvalue weighted by Gasteiger charge is -2.05. The second kappa shape index (κ2) is 8.90. The molecule has 1 heterocycles. The number of nitrogens with zero attached hydrogens (tertiary/aromatic N) is 3. The molecule has 0 saturated carbocycles. The molecule has 0 aliphatic rings. The van der Waals surface area contributed by atoms with Gasteiger partial charge in [-0.25, -0.2) is 0 Å². The van der Waals surface area contributed by atoms with E-state index in [1.165, 1.54) is 4.90 Å². The molecule has 0 aliphatic carbocycles. The van der Waals surface area contributed by atoms with Gasteiger partial charge < -0.3 is 5.32 Å². The molecule has 0 fully saturated rings. The van der Waals surface area contributed by atoms with Gasteiger partial charge in [-0.05, 0) is 12.1 Å². The van der Waals surface area contributed by atoms with E-state index in [1.54, 1.807) is 39.5 Å². The number of hydrogen-bond acceptors (Lipinski definition) is 5. The molecule has 5 nitrogen and oxygen atoms in total. The van der Waals surface area contributed by atoms with Gasteiger partial charge in [0.1, 0.15) is 0 Å². The predicted molar refractivity (Wildman–Crippen MR) is 91.9 cm³/mol. The number of aryl methyl sites for hydroxylation is 1. The Morgan fingerprint density at radius 3 is 2.77 bits per heavy atom. The Morgan fingerprint density at radius 1 is 1.36 bits per heavy atom. The largest absolute Gasteiger partial charge is 0.355 e. The van der Waals surface area contributed by atoms with Crippen LogP contribution in [-0.4, -0.2) is 41.0 Å². The summed E-state index contributed by atoms with van der Waals surface area (Å²) in [5, 5.41) is 10.4. The fourth-order valence-corrected chi connectivity index (χ4v) is 3.61. The van der Waals surface area contributed by atoms with Crippen LogP contribution < -0.4 is 5.32 Å². The molecule has 0 aliphatic heterocycles. The van der Waals surface area contributed by atoms with Crippen molar-refractivity contribution in [2.24, 2.45) is 7.05 Å². The quantitative estimate of drug-likeness (QED) is 0.452. The van der Waals surface area contributed by atoms with Gasteiger partial charge in [0.05, 0.1) is 26.2 Å². The first-order valence-electron chi connectivity index (χ1n) is 6.88. The van der Waals surface area contributed by atoms with Crippen molar-refractivity contribution in [1.29, 1.82) is 0 Å². The maximum Gasteiger partial charge on any atom is 0.226 e. The van der Waals surface area contributed by atoms with Crippen LogP contribution in [0.15, 0.2) is 35.4 Å². The van der Waals surface area contributed by atoms with Crippen molar-refractivity contribution in [1.82, 2.24) is 20.3 Å². The van der Waals surface area contributed by atoms with Crippen molar-refractivity contribution in [3.05, 3.63) is 41.7 Å². The molecular formula is C14H17BN4OS2. The van der Waals surface area contributed by atoms with E-state index in [0.29, 0.717) is 19.3 Å². The standard InChI is InChI=1S/C14H17BN4OS2/c1-19-12(10-17-18-19)8-14(20)16-6-7-21-22-13-4-2-11(9-15)3-5-13/h2-5,10H,6-9H2,1H3,(H,16,20). The van der Waals surface area contributed by atoms with Crippen LogP contribution in [0.25, 0.3) is 0 Å². The SMILES string of the molecule is [B]Cc1ccc(SSCCNC(=O)Cc2cnnn2C)cc1. The fraction of sp³-hybridized carbons (Fsp3) is 0.357. The van der Waals surface area contributed by atoms with Crippen molar-refractivity contribution < 1.29 is 4.79 Å². The Labute approximate surface area is 139 Å². The Morgan fingerprint density at radius 2 is 2.14 bits per heavy atom. The summed E-state index contributed by atoms with van der Waals surface area (Å²) in [6.45, 7) is 0.642. The first-order valence-corrected chi connectivity index (χ1v) is 9.19. The lowest BCUT2D eigenvalue weighted by Crippen LogP contribution is -2.27. The van der Waals surface area contributed by atoms with Crippen LogP contribution in [0.2, 0.25) is 0 Å². The van der Waals surface area contributed by atoms with Crippen LogP contribution in [0.4, 0.5) is 0 Å². The molecule has 0 saturated heterocycles. The first kappa shape index (κ1) is 17.0. The summed E-state index contributed by atoms with van der Waals surface area (Å²) >= 11 is 0. The van der Waals surface area contributed by atoms with Gasteiger partial charge in [0.2, 0.25) is 5.91 Å². The van der Waals surface area contributed by atoms with E-state index >= 15 is 0 Å². The molecule has 2 rings (SSSR count). The van der Waals surface area contributed by atoms with Crippen LogP contribution in [0.3, 0.4) is 0 Å². The van der Waals surface area contributed by atoms with Gasteiger partial charge in [0, 0.05) is 24.2 Å². The minimum absolute atomic E-state index is 0.0108. The molecule has 0 atom stereocenters. The third-order valence-corrected chi connectivity index (χ3v) is 5.36. The first-order chi connectivity index (χ1) is 10.7. The number of rotatable bonds is 8. The lowest BCUT2D eigenvalue weighted by atomic mass is 9.97. The number of carbonyl (C=O) groups is 1. The lowest BCUT2D eigenvalue weighted by molar-refractivity contribution is -0.120. The van der Waals surface area contributed by atoms with Crippen molar-refractivity contribution in [3.63, 3.8) is 0 Å². The van der Waals surface area contributed by atoms with Crippen LogP contribution >= 0.6 is 21.6 Å². The molecule has 22 heavy (non-hydrogen) atoms. The van der Waals surface area contributed by atoms with E-state index in [9.17, 15) is 4.79 Å². The number of hydrogen-bond donors (Lipinski definition) is 1. The van der Waals surface area contributed by atoms with Crippen molar-refractivity contribution in [2.75, 3.05) is 12.3 Å². The highest BCUT2D eigenvalue weighted by molar-refractivity contribution is 8.76. The monoisotopic (exact) mass is 332 g/mol. The van der Waals surface area contributed by atoms with Crippen LogP contribution in [0.1, 0.15) is 11.3 Å². The van der Waals surface area contributed by atoms with Crippen molar-refractivity contribution in [2.45, 2.75) is 17.6 Å². The molecule has 2 aromatic rings. The second-order valence-corrected chi connectivity index (χ2v) is 7.12. The number of nitrogens with one attached hydrogen (secondary N) is 1. The highest BCUT2D eigenvalue weighted by Crippen LogP contribution is 2.30. The van der Waals surface area contributed by atoms with Gasteiger partial charge in [-0.1, -0.05) is 50.8 Å². The average molecular weight is 332 g/mol. The number of amides is 1. The average Bonchev–Trinajstić information content (AvgIpc) is 2.92. The van der Waals surface area contributed by atoms with Gasteiger partial charge >= 0.3 is 0 Å². The molecule has 8 heteroatoms. The Balaban J connectivity index is 1.60. The number of benzene rings is 1. The summed E-state index contributed by atoms with van der Waals surface area (Å²) in [5.74, 6) is 0.835. The fourth-order valence-electron chi connectivity index (χ4n) is 1.72. The third-order valence-electron chi connectivity index (χ3n) is 2.97. The number of aromatic nitrogens is 3. The van der Waals surface area contributed by atoms with E-state index < -0.39 is 0 Å². The van der Waals surface area contributed by atoms with Gasteiger partial charge in [-0.2, -0.15) is 0 Å². The minimum atomic E-state index is -0.0108. The Hall–Kier alpha value is -1.41.